The second-order valence-corrected chi connectivity index (χ2v) is 5.06. The Balaban J connectivity index is 2.01. The number of carbonyl (C=O) groups excluding carboxylic acids is 1. The molecule has 0 radical (unpaired) electrons. The third-order valence-corrected chi connectivity index (χ3v) is 3.74. The van der Waals surface area contributed by atoms with Crippen LogP contribution in [0.3, 0.4) is 0 Å². The van der Waals surface area contributed by atoms with Crippen LogP contribution >= 0.6 is 0 Å². The summed E-state index contributed by atoms with van der Waals surface area (Å²) < 4.78 is 0. The molecule has 0 aliphatic carbocycles. The van der Waals surface area contributed by atoms with E-state index in [9.17, 15) is 14.9 Å². The first-order valence-corrected chi connectivity index (χ1v) is 7.05. The second kappa shape index (κ2) is 5.48. The highest BCUT2D eigenvalue weighted by atomic mass is 16.6. The highest BCUT2D eigenvalue weighted by Gasteiger charge is 2.31. The average Bonchev–Trinajstić information content (AvgIpc) is 2.55. The number of nitrogens with one attached hydrogen (secondary N) is 1. The summed E-state index contributed by atoms with van der Waals surface area (Å²) in [6.07, 6.45) is 0.542. The fraction of sp³-hybridized carbons (Fsp3) is 0.188. The number of rotatable bonds is 3. The molecule has 1 aliphatic heterocycles. The van der Waals surface area contributed by atoms with Crippen LogP contribution < -0.4 is 10.2 Å². The summed E-state index contributed by atoms with van der Waals surface area (Å²) in [6.45, 7) is 1.98. The molecule has 0 saturated carbocycles. The molecule has 1 heterocycles. The largest absolute Gasteiger partial charge is 0.364 e. The van der Waals surface area contributed by atoms with Crippen molar-refractivity contribution < 1.29 is 9.72 Å². The number of amides is 1. The van der Waals surface area contributed by atoms with Gasteiger partial charge in [0.15, 0.2) is 0 Å². The monoisotopic (exact) mass is 297 g/mol. The van der Waals surface area contributed by atoms with Gasteiger partial charge in [-0.3, -0.25) is 19.8 Å². The summed E-state index contributed by atoms with van der Waals surface area (Å²) in [5.74, 6) is -0.102. The summed E-state index contributed by atoms with van der Waals surface area (Å²) in [7, 11) is 0. The number of fused-ring (bicyclic) bond motifs is 1. The molecule has 0 saturated heterocycles. The van der Waals surface area contributed by atoms with Gasteiger partial charge in [0.1, 0.15) is 6.17 Å². The van der Waals surface area contributed by atoms with E-state index in [0.29, 0.717) is 11.3 Å². The van der Waals surface area contributed by atoms with Gasteiger partial charge in [-0.2, -0.15) is 0 Å². The Morgan fingerprint density at radius 2 is 1.86 bits per heavy atom. The van der Waals surface area contributed by atoms with E-state index in [0.717, 1.165) is 12.1 Å². The lowest BCUT2D eigenvalue weighted by Gasteiger charge is -2.37. The fourth-order valence-corrected chi connectivity index (χ4v) is 2.63. The van der Waals surface area contributed by atoms with Gasteiger partial charge in [-0.25, -0.2) is 0 Å². The molecule has 0 aromatic heterocycles. The van der Waals surface area contributed by atoms with Crippen molar-refractivity contribution in [1.29, 1.82) is 0 Å². The normalized spacial score (nSPS) is 16.9. The van der Waals surface area contributed by atoms with Gasteiger partial charge < -0.3 is 5.32 Å². The maximum Gasteiger partial charge on any atom is 0.269 e. The summed E-state index contributed by atoms with van der Waals surface area (Å²) in [5, 5.41) is 14.1. The van der Waals surface area contributed by atoms with Gasteiger partial charge in [0.05, 0.1) is 10.5 Å². The van der Waals surface area contributed by atoms with Crippen LogP contribution in [-0.4, -0.2) is 17.0 Å². The van der Waals surface area contributed by atoms with Crippen LogP contribution in [0, 0.1) is 10.1 Å². The van der Waals surface area contributed by atoms with Gasteiger partial charge in [0, 0.05) is 23.5 Å². The standard InChI is InChI=1S/C16H15N3O3/c1-2-15-17-14-6-4-3-5-13(14)16(20)18(15)11-7-9-12(10-8-11)19(21)22/h3-10,15,17H,2H2,1H3. The lowest BCUT2D eigenvalue weighted by Crippen LogP contribution is -2.48. The fourth-order valence-electron chi connectivity index (χ4n) is 2.63. The molecule has 1 atom stereocenters. The van der Waals surface area contributed by atoms with Crippen LogP contribution in [0.5, 0.6) is 0 Å². The molecule has 3 rings (SSSR count). The molecule has 0 spiro atoms. The van der Waals surface area contributed by atoms with E-state index in [1.54, 1.807) is 23.1 Å². The third-order valence-electron chi connectivity index (χ3n) is 3.74. The van der Waals surface area contributed by atoms with Crippen LogP contribution in [0.15, 0.2) is 48.5 Å². The van der Waals surface area contributed by atoms with Gasteiger partial charge in [-0.05, 0) is 30.7 Å². The molecule has 0 bridgehead atoms. The number of anilines is 2. The molecule has 6 heteroatoms. The van der Waals surface area contributed by atoms with Crippen LogP contribution in [0.2, 0.25) is 0 Å². The predicted octanol–water partition coefficient (Wildman–Crippen LogP) is 3.40. The number of hydrogen-bond donors (Lipinski definition) is 1. The van der Waals surface area contributed by atoms with Crippen molar-refractivity contribution in [1.82, 2.24) is 0 Å². The zero-order valence-electron chi connectivity index (χ0n) is 12.0. The predicted molar refractivity (Wildman–Crippen MR) is 84.0 cm³/mol. The third kappa shape index (κ3) is 2.28. The quantitative estimate of drug-likeness (QED) is 0.696. The number of nitro groups is 1. The summed E-state index contributed by atoms with van der Waals surface area (Å²) >= 11 is 0. The maximum atomic E-state index is 12.8. The molecule has 0 fully saturated rings. The minimum absolute atomic E-state index is 0.00890. The summed E-state index contributed by atoms with van der Waals surface area (Å²) in [4.78, 5) is 24.7. The smallest absolute Gasteiger partial charge is 0.269 e. The average molecular weight is 297 g/mol. The first-order chi connectivity index (χ1) is 10.6. The van der Waals surface area contributed by atoms with Gasteiger partial charge in [-0.15, -0.1) is 0 Å². The van der Waals surface area contributed by atoms with Crippen molar-refractivity contribution >= 4 is 23.0 Å². The molecular weight excluding hydrogens is 282 g/mol. The maximum absolute atomic E-state index is 12.8. The first-order valence-electron chi connectivity index (χ1n) is 7.05. The van der Waals surface area contributed by atoms with Crippen LogP contribution in [-0.2, 0) is 0 Å². The topological polar surface area (TPSA) is 75.5 Å². The van der Waals surface area contributed by atoms with E-state index >= 15 is 0 Å². The van der Waals surface area contributed by atoms with Crippen molar-refractivity contribution in [3.63, 3.8) is 0 Å². The number of para-hydroxylation sites is 1. The van der Waals surface area contributed by atoms with Crippen molar-refractivity contribution in [3.8, 4) is 0 Å². The molecule has 6 nitrogen and oxygen atoms in total. The number of nitrogens with zero attached hydrogens (tertiary/aromatic N) is 2. The van der Waals surface area contributed by atoms with Gasteiger partial charge in [0.25, 0.3) is 11.6 Å². The highest BCUT2D eigenvalue weighted by Crippen LogP contribution is 2.31. The number of carbonyl (C=O) groups is 1. The van der Waals surface area contributed by atoms with Crippen LogP contribution in [0.1, 0.15) is 23.7 Å². The molecule has 2 aromatic rings. The lowest BCUT2D eigenvalue weighted by atomic mass is 10.1. The van der Waals surface area contributed by atoms with Gasteiger partial charge in [-0.1, -0.05) is 19.1 Å². The highest BCUT2D eigenvalue weighted by molar-refractivity contribution is 6.12. The zero-order chi connectivity index (χ0) is 15.7. The van der Waals surface area contributed by atoms with E-state index in [4.69, 9.17) is 0 Å². The van der Waals surface area contributed by atoms with Crippen molar-refractivity contribution in [3.05, 3.63) is 64.2 Å². The van der Waals surface area contributed by atoms with Crippen molar-refractivity contribution in [2.24, 2.45) is 0 Å². The Bertz CT molecular complexity index is 728. The molecule has 1 amide bonds. The van der Waals surface area contributed by atoms with Crippen molar-refractivity contribution in [2.45, 2.75) is 19.5 Å². The molecule has 1 N–H and O–H groups in total. The Morgan fingerprint density at radius 1 is 1.18 bits per heavy atom. The van der Waals surface area contributed by atoms with Crippen molar-refractivity contribution in [2.75, 3.05) is 10.2 Å². The SMILES string of the molecule is CCC1Nc2ccccc2C(=O)N1c1ccc([N+](=O)[O-])cc1. The Hall–Kier alpha value is -2.89. The van der Waals surface area contributed by atoms with E-state index in [1.165, 1.54) is 12.1 Å². The molecule has 2 aromatic carbocycles. The number of non-ortho nitro benzene ring substituents is 1. The van der Waals surface area contributed by atoms with Crippen LogP contribution in [0.25, 0.3) is 0 Å². The van der Waals surface area contributed by atoms with Gasteiger partial charge in [0.2, 0.25) is 0 Å². The molecule has 1 unspecified atom stereocenters. The summed E-state index contributed by atoms with van der Waals surface area (Å²) in [5.41, 5.74) is 2.07. The minimum atomic E-state index is -0.452. The van der Waals surface area contributed by atoms with Gasteiger partial charge >= 0.3 is 0 Å². The first kappa shape index (κ1) is 14.1. The Kier molecular flexibility index (Phi) is 3.50. The number of benzene rings is 2. The summed E-state index contributed by atoms with van der Waals surface area (Å²) in [6, 6.07) is 13.4. The molecule has 112 valence electrons. The van der Waals surface area contributed by atoms with E-state index in [1.807, 2.05) is 25.1 Å². The second-order valence-electron chi connectivity index (χ2n) is 5.06. The Labute approximate surface area is 127 Å². The zero-order valence-corrected chi connectivity index (χ0v) is 12.0. The lowest BCUT2D eigenvalue weighted by molar-refractivity contribution is -0.384. The van der Waals surface area contributed by atoms with E-state index < -0.39 is 4.92 Å². The molecular formula is C16H15N3O3. The number of hydrogen-bond acceptors (Lipinski definition) is 4. The minimum Gasteiger partial charge on any atom is -0.364 e. The van der Waals surface area contributed by atoms with E-state index in [-0.39, 0.29) is 17.8 Å². The van der Waals surface area contributed by atoms with Crippen LogP contribution in [0.4, 0.5) is 17.1 Å². The number of nitro benzene ring substituents is 1. The van der Waals surface area contributed by atoms with E-state index in [2.05, 4.69) is 5.32 Å². The molecule has 1 aliphatic rings. The molecule has 22 heavy (non-hydrogen) atoms. The Morgan fingerprint density at radius 3 is 2.50 bits per heavy atom.